The van der Waals surface area contributed by atoms with E-state index < -0.39 is 5.60 Å². The molecule has 0 radical (unpaired) electrons. The van der Waals surface area contributed by atoms with Crippen LogP contribution in [0.3, 0.4) is 0 Å². The molecule has 1 aliphatic heterocycles. The first-order chi connectivity index (χ1) is 8.60. The first-order valence-corrected chi connectivity index (χ1v) is 6.33. The van der Waals surface area contributed by atoms with Crippen LogP contribution in [-0.4, -0.2) is 16.5 Å². The van der Waals surface area contributed by atoms with E-state index in [-0.39, 0.29) is 11.5 Å². The maximum atomic E-state index is 12.2. The highest BCUT2D eigenvalue weighted by atomic mass is 16.5. The minimum atomic E-state index is -0.484. The Hall–Kier alpha value is -1.77. The summed E-state index contributed by atoms with van der Waals surface area (Å²) in [5, 5.41) is 9.88. The van der Waals surface area contributed by atoms with Gasteiger partial charge in [-0.2, -0.15) is 0 Å². The van der Waals surface area contributed by atoms with Crippen LogP contribution in [0.15, 0.2) is 24.3 Å². The molecule has 3 heteroatoms. The van der Waals surface area contributed by atoms with Gasteiger partial charge in [-0.05, 0) is 50.0 Å². The number of rotatable bonds is 0. The molecule has 94 valence electrons. The summed E-state index contributed by atoms with van der Waals surface area (Å²) in [6.45, 7) is 1.88. The van der Waals surface area contributed by atoms with E-state index in [0.29, 0.717) is 17.7 Å². The van der Waals surface area contributed by atoms with E-state index in [1.807, 2.05) is 19.1 Å². The summed E-state index contributed by atoms with van der Waals surface area (Å²) in [6.07, 6.45) is 7.37. The maximum absolute atomic E-state index is 12.2. The van der Waals surface area contributed by atoms with Gasteiger partial charge in [0.1, 0.15) is 22.7 Å². The molecule has 1 aromatic rings. The first kappa shape index (κ1) is 11.3. The van der Waals surface area contributed by atoms with Crippen LogP contribution in [0.4, 0.5) is 0 Å². The van der Waals surface area contributed by atoms with Crippen LogP contribution < -0.4 is 4.74 Å². The Morgan fingerprint density at radius 1 is 1.39 bits per heavy atom. The topological polar surface area (TPSA) is 46.5 Å². The number of carbonyl (C=O) groups excluding carboxylic acids is 1. The van der Waals surface area contributed by atoms with Crippen molar-refractivity contribution in [1.82, 2.24) is 0 Å². The van der Waals surface area contributed by atoms with E-state index in [4.69, 9.17) is 4.74 Å². The second-order valence-electron chi connectivity index (χ2n) is 5.22. The van der Waals surface area contributed by atoms with Gasteiger partial charge >= 0.3 is 0 Å². The fourth-order valence-corrected chi connectivity index (χ4v) is 2.84. The molecule has 1 atom stereocenters. The molecule has 0 amide bonds. The smallest absolute Gasteiger partial charge is 0.174 e. The second-order valence-corrected chi connectivity index (χ2v) is 5.22. The van der Waals surface area contributed by atoms with Gasteiger partial charge in [-0.15, -0.1) is 0 Å². The van der Waals surface area contributed by atoms with Crippen molar-refractivity contribution < 1.29 is 14.6 Å². The number of allylic oxidation sites excluding steroid dienone is 1. The lowest BCUT2D eigenvalue weighted by molar-refractivity contribution is 0.0590. The van der Waals surface area contributed by atoms with Crippen LogP contribution in [0.5, 0.6) is 11.5 Å². The van der Waals surface area contributed by atoms with Gasteiger partial charge in [0.2, 0.25) is 0 Å². The molecule has 0 saturated heterocycles. The van der Waals surface area contributed by atoms with E-state index >= 15 is 0 Å². The number of hydrogen-bond acceptors (Lipinski definition) is 3. The van der Waals surface area contributed by atoms with Crippen LogP contribution in [-0.2, 0) is 0 Å². The zero-order chi connectivity index (χ0) is 12.8. The van der Waals surface area contributed by atoms with E-state index in [0.717, 1.165) is 24.8 Å². The maximum Gasteiger partial charge on any atom is 0.174 e. The molecule has 1 aliphatic carbocycles. The summed E-state index contributed by atoms with van der Waals surface area (Å²) in [5.74, 6) is 0.528. The number of hydrogen-bond donors (Lipinski definition) is 1. The van der Waals surface area contributed by atoms with Crippen LogP contribution in [0.1, 0.15) is 41.6 Å². The summed E-state index contributed by atoms with van der Waals surface area (Å²) in [5.41, 5.74) is 0.754. The first-order valence-electron chi connectivity index (χ1n) is 6.33. The van der Waals surface area contributed by atoms with Gasteiger partial charge in [0.15, 0.2) is 5.78 Å². The summed E-state index contributed by atoms with van der Waals surface area (Å²) in [4.78, 5) is 12.2. The predicted molar refractivity (Wildman–Crippen MR) is 68.1 cm³/mol. The Kier molecular flexibility index (Phi) is 2.44. The number of benzene rings is 1. The van der Waals surface area contributed by atoms with Gasteiger partial charge in [0, 0.05) is 0 Å². The van der Waals surface area contributed by atoms with Crippen molar-refractivity contribution in [2.45, 2.75) is 38.2 Å². The average Bonchev–Trinajstić information content (AvgIpc) is 2.27. The lowest BCUT2D eigenvalue weighted by atomic mass is 9.82. The van der Waals surface area contributed by atoms with Crippen molar-refractivity contribution >= 4 is 5.78 Å². The number of aromatic hydroxyl groups is 1. The Balaban J connectivity index is 2.09. The quantitative estimate of drug-likeness (QED) is 0.713. The Labute approximate surface area is 106 Å². The van der Waals surface area contributed by atoms with Gasteiger partial charge in [-0.1, -0.05) is 6.08 Å². The Morgan fingerprint density at radius 3 is 2.94 bits per heavy atom. The third-order valence-corrected chi connectivity index (χ3v) is 3.67. The van der Waals surface area contributed by atoms with E-state index in [9.17, 15) is 9.90 Å². The minimum absolute atomic E-state index is 0.0275. The second kappa shape index (κ2) is 3.87. The van der Waals surface area contributed by atoms with Gasteiger partial charge in [0.05, 0.1) is 6.42 Å². The van der Waals surface area contributed by atoms with Crippen molar-refractivity contribution in [3.63, 3.8) is 0 Å². The standard InChI is InChI=1S/C15H16O3/c1-10-7-11(16)14-12(17)9-15(18-13(14)8-10)5-3-2-4-6-15/h3,5,7-8,16H,2,4,6,9H2,1H3. The molecule has 1 unspecified atom stereocenters. The lowest BCUT2D eigenvalue weighted by Crippen LogP contribution is -2.41. The van der Waals surface area contributed by atoms with E-state index in [1.54, 1.807) is 6.07 Å². The molecular formula is C15H16O3. The van der Waals surface area contributed by atoms with Crippen LogP contribution >= 0.6 is 0 Å². The number of fused-ring (bicyclic) bond motifs is 1. The number of carbonyl (C=O) groups is 1. The van der Waals surface area contributed by atoms with Crippen LogP contribution in [0.2, 0.25) is 0 Å². The summed E-state index contributed by atoms with van der Waals surface area (Å²) in [7, 11) is 0. The molecule has 1 N–H and O–H groups in total. The fraction of sp³-hybridized carbons (Fsp3) is 0.400. The molecule has 0 saturated carbocycles. The molecule has 1 aromatic carbocycles. The third kappa shape index (κ3) is 1.70. The average molecular weight is 244 g/mol. The number of aryl methyl sites for hydroxylation is 1. The molecule has 1 spiro atoms. The molecule has 2 aliphatic rings. The molecule has 3 rings (SSSR count). The largest absolute Gasteiger partial charge is 0.507 e. The predicted octanol–water partition coefficient (Wildman–Crippen LogP) is 3.14. The van der Waals surface area contributed by atoms with Gasteiger partial charge in [-0.25, -0.2) is 0 Å². The zero-order valence-corrected chi connectivity index (χ0v) is 10.4. The normalized spacial score (nSPS) is 25.9. The van der Waals surface area contributed by atoms with E-state index in [2.05, 4.69) is 6.08 Å². The molecule has 1 heterocycles. The Bertz CT molecular complexity index is 545. The number of Topliss-reactive ketones (excluding diaryl/α,β-unsaturated/α-hetero) is 1. The molecule has 18 heavy (non-hydrogen) atoms. The van der Waals surface area contributed by atoms with Gasteiger partial charge < -0.3 is 9.84 Å². The number of ketones is 1. The van der Waals surface area contributed by atoms with Crippen LogP contribution in [0, 0.1) is 6.92 Å². The molecule has 0 aromatic heterocycles. The van der Waals surface area contributed by atoms with Crippen LogP contribution in [0.25, 0.3) is 0 Å². The van der Waals surface area contributed by atoms with Crippen molar-refractivity contribution in [1.29, 1.82) is 0 Å². The van der Waals surface area contributed by atoms with E-state index in [1.165, 1.54) is 0 Å². The summed E-state index contributed by atoms with van der Waals surface area (Å²) < 4.78 is 6.02. The van der Waals surface area contributed by atoms with Crippen molar-refractivity contribution in [3.05, 3.63) is 35.4 Å². The molecule has 3 nitrogen and oxygen atoms in total. The third-order valence-electron chi connectivity index (χ3n) is 3.67. The summed E-state index contributed by atoms with van der Waals surface area (Å²) in [6, 6.07) is 3.44. The van der Waals surface area contributed by atoms with Gasteiger partial charge in [0.25, 0.3) is 0 Å². The molecule has 0 bridgehead atoms. The zero-order valence-electron chi connectivity index (χ0n) is 10.4. The number of phenols is 1. The van der Waals surface area contributed by atoms with Crippen molar-refractivity contribution in [3.8, 4) is 11.5 Å². The number of phenolic OH excluding ortho intramolecular Hbond substituents is 1. The minimum Gasteiger partial charge on any atom is -0.507 e. The highest BCUT2D eigenvalue weighted by Gasteiger charge is 2.40. The van der Waals surface area contributed by atoms with Crippen molar-refractivity contribution in [2.24, 2.45) is 0 Å². The summed E-state index contributed by atoms with van der Waals surface area (Å²) >= 11 is 0. The monoisotopic (exact) mass is 244 g/mol. The number of ether oxygens (including phenoxy) is 1. The Morgan fingerprint density at radius 2 is 2.22 bits per heavy atom. The van der Waals surface area contributed by atoms with Crippen molar-refractivity contribution in [2.75, 3.05) is 0 Å². The van der Waals surface area contributed by atoms with Gasteiger partial charge in [-0.3, -0.25) is 4.79 Å². The lowest BCUT2D eigenvalue weighted by Gasteiger charge is -2.37. The molecular weight excluding hydrogens is 228 g/mol. The highest BCUT2D eigenvalue weighted by Crippen LogP contribution is 2.42. The fourth-order valence-electron chi connectivity index (χ4n) is 2.84. The highest BCUT2D eigenvalue weighted by molar-refractivity contribution is 6.03. The molecule has 0 fully saturated rings. The SMILES string of the molecule is Cc1cc(O)c2c(c1)OC1(C=CCCC1)CC2=O.